The Morgan fingerprint density at radius 2 is 1.86 bits per heavy atom. The van der Waals surface area contributed by atoms with Gasteiger partial charge in [0.05, 0.1) is 18.8 Å². The quantitative estimate of drug-likeness (QED) is 0.591. The summed E-state index contributed by atoms with van der Waals surface area (Å²) >= 11 is 5.95. The lowest BCUT2D eigenvalue weighted by Gasteiger charge is -2.38. The molecule has 0 amide bonds. The molecule has 35 heavy (non-hydrogen) atoms. The molecule has 190 valence electrons. The summed E-state index contributed by atoms with van der Waals surface area (Å²) in [6.07, 6.45) is -4.73. The Morgan fingerprint density at radius 1 is 1.17 bits per heavy atom. The molecule has 0 radical (unpaired) electrons. The SMILES string of the molecule is CCOC(=O)c1cnc(C(F)(F)F)nc1N1CC(O)C(N2CCN(Cc3ccc(Cl)cc3)CC2)C1. The summed E-state index contributed by atoms with van der Waals surface area (Å²) in [6.45, 7) is 5.70. The van der Waals surface area contributed by atoms with Crippen molar-refractivity contribution < 1.29 is 27.8 Å². The van der Waals surface area contributed by atoms with Crippen LogP contribution in [0, 0.1) is 0 Å². The summed E-state index contributed by atoms with van der Waals surface area (Å²) in [5.41, 5.74) is 1.01. The number of aliphatic hydroxyl groups is 1. The van der Waals surface area contributed by atoms with Crippen molar-refractivity contribution in [1.82, 2.24) is 19.8 Å². The first-order chi connectivity index (χ1) is 16.7. The summed E-state index contributed by atoms with van der Waals surface area (Å²) in [5, 5.41) is 11.5. The number of aromatic nitrogens is 2. The van der Waals surface area contributed by atoms with Gasteiger partial charge in [-0.25, -0.2) is 14.8 Å². The van der Waals surface area contributed by atoms with Gasteiger partial charge in [0.2, 0.25) is 5.82 Å². The van der Waals surface area contributed by atoms with Gasteiger partial charge >= 0.3 is 12.1 Å². The Kier molecular flexibility index (Phi) is 7.80. The van der Waals surface area contributed by atoms with Crippen LogP contribution in [0.5, 0.6) is 0 Å². The van der Waals surface area contributed by atoms with Gasteiger partial charge in [0.25, 0.3) is 0 Å². The van der Waals surface area contributed by atoms with Crippen LogP contribution < -0.4 is 4.90 Å². The maximum atomic E-state index is 13.3. The van der Waals surface area contributed by atoms with Crippen LogP contribution in [0.3, 0.4) is 0 Å². The van der Waals surface area contributed by atoms with E-state index in [9.17, 15) is 23.1 Å². The molecule has 0 aliphatic carbocycles. The van der Waals surface area contributed by atoms with E-state index in [2.05, 4.69) is 19.8 Å². The van der Waals surface area contributed by atoms with Crippen LogP contribution in [0.25, 0.3) is 0 Å². The van der Waals surface area contributed by atoms with Crippen LogP contribution in [0.2, 0.25) is 5.02 Å². The molecule has 1 N–H and O–H groups in total. The largest absolute Gasteiger partial charge is 0.462 e. The van der Waals surface area contributed by atoms with E-state index in [1.54, 1.807) is 6.92 Å². The van der Waals surface area contributed by atoms with Gasteiger partial charge in [0.1, 0.15) is 11.4 Å². The number of halogens is 4. The van der Waals surface area contributed by atoms with Crippen molar-refractivity contribution >= 4 is 23.4 Å². The number of carbonyl (C=O) groups is 1. The van der Waals surface area contributed by atoms with Crippen LogP contribution in [0.4, 0.5) is 19.0 Å². The molecule has 12 heteroatoms. The topological polar surface area (TPSA) is 82.0 Å². The first-order valence-corrected chi connectivity index (χ1v) is 11.8. The van der Waals surface area contributed by atoms with E-state index in [1.165, 1.54) is 4.90 Å². The number of ether oxygens (including phenoxy) is 1. The van der Waals surface area contributed by atoms with Crippen LogP contribution in [-0.2, 0) is 17.5 Å². The van der Waals surface area contributed by atoms with E-state index in [0.29, 0.717) is 18.1 Å². The number of esters is 1. The lowest BCUT2D eigenvalue weighted by atomic mass is 10.1. The number of alkyl halides is 3. The number of hydrogen-bond donors (Lipinski definition) is 1. The highest BCUT2D eigenvalue weighted by Crippen LogP contribution is 2.31. The number of piperazine rings is 1. The molecule has 2 aliphatic heterocycles. The predicted octanol–water partition coefficient (Wildman–Crippen LogP) is 2.69. The number of rotatable bonds is 6. The van der Waals surface area contributed by atoms with Gasteiger partial charge in [-0.15, -0.1) is 0 Å². The number of nitrogens with zero attached hydrogens (tertiary/aromatic N) is 5. The monoisotopic (exact) mass is 513 g/mol. The smallest absolute Gasteiger partial charge is 0.451 e. The Morgan fingerprint density at radius 3 is 2.49 bits per heavy atom. The van der Waals surface area contributed by atoms with E-state index in [0.717, 1.165) is 31.4 Å². The Labute approximate surface area is 206 Å². The van der Waals surface area contributed by atoms with Crippen molar-refractivity contribution in [2.45, 2.75) is 31.8 Å². The second-order valence-electron chi connectivity index (χ2n) is 8.63. The summed E-state index contributed by atoms with van der Waals surface area (Å²) in [4.78, 5) is 25.3. The predicted molar refractivity (Wildman–Crippen MR) is 123 cm³/mol. The minimum absolute atomic E-state index is 0.0520. The molecule has 2 aromatic rings. The Balaban J connectivity index is 1.44. The standard InChI is InChI=1S/C23H27ClF3N5O3/c1-2-35-21(34)17-11-28-22(23(25,26)27)29-20(17)32-13-18(19(33)14-32)31-9-7-30(8-10-31)12-15-3-5-16(24)6-4-15/h3-6,11,18-19,33H,2,7-10,12-14H2,1H3. The highest BCUT2D eigenvalue weighted by Gasteiger charge is 2.41. The van der Waals surface area contributed by atoms with E-state index in [4.69, 9.17) is 16.3 Å². The molecule has 0 spiro atoms. The molecule has 1 aromatic carbocycles. The number of hydrogen-bond acceptors (Lipinski definition) is 8. The zero-order valence-electron chi connectivity index (χ0n) is 19.2. The fourth-order valence-electron chi connectivity index (χ4n) is 4.51. The molecule has 4 rings (SSSR count). The van der Waals surface area contributed by atoms with Crippen molar-refractivity contribution in [3.8, 4) is 0 Å². The Hall–Kier alpha value is -2.47. The second-order valence-corrected chi connectivity index (χ2v) is 9.06. The molecule has 0 bridgehead atoms. The highest BCUT2D eigenvalue weighted by atomic mass is 35.5. The van der Waals surface area contributed by atoms with E-state index < -0.39 is 24.1 Å². The van der Waals surface area contributed by atoms with E-state index >= 15 is 0 Å². The molecule has 2 saturated heterocycles. The summed E-state index contributed by atoms with van der Waals surface area (Å²) in [5.74, 6) is -2.31. The van der Waals surface area contributed by atoms with Gasteiger partial charge in [-0.3, -0.25) is 9.80 Å². The average Bonchev–Trinajstić information content (AvgIpc) is 3.21. The van der Waals surface area contributed by atoms with Crippen molar-refractivity contribution in [1.29, 1.82) is 0 Å². The summed E-state index contributed by atoms with van der Waals surface area (Å²) in [6, 6.07) is 7.40. The summed E-state index contributed by atoms with van der Waals surface area (Å²) in [7, 11) is 0. The van der Waals surface area contributed by atoms with E-state index in [1.807, 2.05) is 24.3 Å². The third-order valence-corrected chi connectivity index (χ3v) is 6.52. The number of carbonyl (C=O) groups excluding carboxylic acids is 1. The van der Waals surface area contributed by atoms with Crippen molar-refractivity contribution in [2.24, 2.45) is 0 Å². The molecule has 3 heterocycles. The lowest BCUT2D eigenvalue weighted by Crippen LogP contribution is -2.53. The number of aliphatic hydroxyl groups excluding tert-OH is 1. The second kappa shape index (κ2) is 10.7. The molecule has 0 saturated carbocycles. The van der Waals surface area contributed by atoms with Crippen molar-refractivity contribution in [2.75, 3.05) is 50.8 Å². The van der Waals surface area contributed by atoms with Crippen molar-refractivity contribution in [3.05, 3.63) is 52.4 Å². The highest BCUT2D eigenvalue weighted by molar-refractivity contribution is 6.30. The number of anilines is 1. The van der Waals surface area contributed by atoms with Gasteiger partial charge in [-0.2, -0.15) is 13.2 Å². The fourth-order valence-corrected chi connectivity index (χ4v) is 4.63. The molecule has 1 aromatic heterocycles. The van der Waals surface area contributed by atoms with Gasteiger partial charge in [0, 0.05) is 57.0 Å². The third kappa shape index (κ3) is 6.03. The molecular weight excluding hydrogens is 487 g/mol. The molecule has 2 atom stereocenters. The number of benzene rings is 1. The molecule has 2 aliphatic rings. The van der Waals surface area contributed by atoms with Crippen molar-refractivity contribution in [3.63, 3.8) is 0 Å². The van der Waals surface area contributed by atoms with Crippen LogP contribution in [0.1, 0.15) is 28.7 Å². The van der Waals surface area contributed by atoms with E-state index in [-0.39, 0.29) is 37.1 Å². The van der Waals surface area contributed by atoms with Crippen LogP contribution >= 0.6 is 11.6 Å². The van der Waals surface area contributed by atoms with Crippen LogP contribution in [-0.4, -0.2) is 88.9 Å². The van der Waals surface area contributed by atoms with Gasteiger partial charge in [-0.1, -0.05) is 23.7 Å². The average molecular weight is 514 g/mol. The molecule has 8 nitrogen and oxygen atoms in total. The van der Waals surface area contributed by atoms with Gasteiger partial charge in [0.15, 0.2) is 0 Å². The zero-order valence-corrected chi connectivity index (χ0v) is 20.0. The third-order valence-electron chi connectivity index (χ3n) is 6.27. The molecular formula is C23H27ClF3N5O3. The molecule has 2 unspecified atom stereocenters. The maximum absolute atomic E-state index is 13.3. The van der Waals surface area contributed by atoms with Crippen LogP contribution in [0.15, 0.2) is 30.5 Å². The molecule has 2 fully saturated rings. The zero-order chi connectivity index (χ0) is 25.2. The minimum Gasteiger partial charge on any atom is -0.462 e. The lowest BCUT2D eigenvalue weighted by molar-refractivity contribution is -0.144. The van der Waals surface area contributed by atoms with Gasteiger partial charge in [-0.05, 0) is 24.6 Å². The number of β-amino-alcohol motifs (C(OH)–C–C–N with tert-alkyl or cyclic N) is 1. The first kappa shape index (κ1) is 25.6. The Bertz CT molecular complexity index is 1030. The minimum atomic E-state index is -4.76. The summed E-state index contributed by atoms with van der Waals surface area (Å²) < 4.78 is 44.8. The normalized spacial score (nSPS) is 21.9. The van der Waals surface area contributed by atoms with Gasteiger partial charge < -0.3 is 14.7 Å². The fraction of sp³-hybridized carbons (Fsp3) is 0.522. The maximum Gasteiger partial charge on any atom is 0.451 e. The first-order valence-electron chi connectivity index (χ1n) is 11.4.